The fourth-order valence-electron chi connectivity index (χ4n) is 3.53. The molecular formula is C22H20N2O4. The van der Waals surface area contributed by atoms with Crippen molar-refractivity contribution < 1.29 is 19.0 Å². The molecule has 28 heavy (non-hydrogen) atoms. The summed E-state index contributed by atoms with van der Waals surface area (Å²) in [6.07, 6.45) is 2.56. The van der Waals surface area contributed by atoms with Gasteiger partial charge >= 0.3 is 5.97 Å². The van der Waals surface area contributed by atoms with Crippen LogP contribution in [0.4, 0.5) is 0 Å². The topological polar surface area (TPSA) is 73.5 Å². The maximum atomic E-state index is 12.0. The number of aromatic nitrogens is 1. The van der Waals surface area contributed by atoms with Gasteiger partial charge in [-0.05, 0) is 29.8 Å². The van der Waals surface area contributed by atoms with Crippen LogP contribution < -0.4 is 0 Å². The number of ether oxygens (including phenoxy) is 3. The van der Waals surface area contributed by atoms with E-state index in [9.17, 15) is 10.1 Å². The number of rotatable bonds is 5. The Labute approximate surface area is 162 Å². The zero-order valence-corrected chi connectivity index (χ0v) is 15.6. The van der Waals surface area contributed by atoms with Crippen LogP contribution in [-0.4, -0.2) is 37.1 Å². The molecule has 6 nitrogen and oxygen atoms in total. The summed E-state index contributed by atoms with van der Waals surface area (Å²) in [5, 5.41) is 10.2. The lowest BCUT2D eigenvalue weighted by atomic mass is 10.0. The summed E-state index contributed by atoms with van der Waals surface area (Å²) >= 11 is 0. The lowest BCUT2D eigenvalue weighted by Crippen LogP contribution is -2.11. The van der Waals surface area contributed by atoms with Gasteiger partial charge in [-0.25, -0.2) is 4.79 Å². The van der Waals surface area contributed by atoms with Crippen LogP contribution in [0.5, 0.6) is 0 Å². The van der Waals surface area contributed by atoms with Crippen molar-refractivity contribution in [1.29, 1.82) is 5.26 Å². The molecule has 0 bridgehead atoms. The number of carbonyl (C=O) groups is 1. The Bertz CT molecular complexity index is 1060. The quantitative estimate of drug-likeness (QED) is 0.635. The van der Waals surface area contributed by atoms with Crippen LogP contribution in [0.1, 0.15) is 22.3 Å². The molecule has 1 aromatic heterocycles. The molecule has 0 N–H and O–H groups in total. The highest BCUT2D eigenvalue weighted by Gasteiger charge is 2.18. The zero-order valence-electron chi connectivity index (χ0n) is 15.6. The van der Waals surface area contributed by atoms with Crippen molar-refractivity contribution in [2.45, 2.75) is 19.3 Å². The van der Waals surface area contributed by atoms with E-state index in [4.69, 9.17) is 14.2 Å². The molecule has 0 aliphatic carbocycles. The fourth-order valence-corrected chi connectivity index (χ4v) is 3.53. The van der Waals surface area contributed by atoms with Crippen molar-refractivity contribution in [1.82, 2.24) is 4.57 Å². The Balaban J connectivity index is 1.78. The van der Waals surface area contributed by atoms with Crippen LogP contribution in [-0.2, 0) is 20.8 Å². The molecule has 0 unspecified atom stereocenters. The Morgan fingerprint density at radius 1 is 1.25 bits per heavy atom. The largest absolute Gasteiger partial charge is 0.465 e. The van der Waals surface area contributed by atoms with Gasteiger partial charge < -0.3 is 18.8 Å². The highest BCUT2D eigenvalue weighted by atomic mass is 16.7. The molecule has 0 saturated carbocycles. The molecule has 2 heterocycles. The number of nitrogens with zero attached hydrogens (tertiary/aromatic N) is 2. The summed E-state index contributed by atoms with van der Waals surface area (Å²) in [5.41, 5.74) is 4.01. The van der Waals surface area contributed by atoms with E-state index in [-0.39, 0.29) is 12.3 Å². The average Bonchev–Trinajstić information content (AvgIpc) is 3.39. The Morgan fingerprint density at radius 3 is 2.82 bits per heavy atom. The van der Waals surface area contributed by atoms with Gasteiger partial charge in [0, 0.05) is 35.6 Å². The van der Waals surface area contributed by atoms with Crippen LogP contribution in [0, 0.1) is 11.3 Å². The summed E-state index contributed by atoms with van der Waals surface area (Å²) in [6.45, 7) is 1.93. The van der Waals surface area contributed by atoms with Crippen molar-refractivity contribution in [3.05, 3.63) is 59.8 Å². The zero-order chi connectivity index (χ0) is 19.5. The molecule has 1 fully saturated rings. The lowest BCUT2D eigenvalue weighted by molar-refractivity contribution is -0.0488. The maximum Gasteiger partial charge on any atom is 0.337 e. The smallest absolute Gasteiger partial charge is 0.337 e. The number of benzene rings is 2. The van der Waals surface area contributed by atoms with Gasteiger partial charge in [-0.2, -0.15) is 5.26 Å². The third-order valence-electron chi connectivity index (χ3n) is 4.90. The van der Waals surface area contributed by atoms with E-state index in [0.29, 0.717) is 37.3 Å². The van der Waals surface area contributed by atoms with Crippen molar-refractivity contribution in [2.24, 2.45) is 0 Å². The Morgan fingerprint density at radius 2 is 2.07 bits per heavy atom. The van der Waals surface area contributed by atoms with Crippen LogP contribution in [0.2, 0.25) is 0 Å². The minimum absolute atomic E-state index is 0.202. The van der Waals surface area contributed by atoms with Crippen LogP contribution in [0.15, 0.2) is 48.7 Å². The molecule has 1 aliphatic heterocycles. The third kappa shape index (κ3) is 3.50. The molecule has 2 aromatic carbocycles. The first-order valence-electron chi connectivity index (χ1n) is 9.14. The lowest BCUT2D eigenvalue weighted by Gasteiger charge is -2.10. The van der Waals surface area contributed by atoms with E-state index in [0.717, 1.165) is 22.0 Å². The van der Waals surface area contributed by atoms with Crippen molar-refractivity contribution in [3.63, 3.8) is 0 Å². The summed E-state index contributed by atoms with van der Waals surface area (Å²) in [6, 6.07) is 15.2. The molecule has 142 valence electrons. The van der Waals surface area contributed by atoms with Gasteiger partial charge in [0.25, 0.3) is 0 Å². The number of esters is 1. The normalized spacial score (nSPS) is 14.3. The van der Waals surface area contributed by atoms with Crippen molar-refractivity contribution in [2.75, 3.05) is 20.3 Å². The summed E-state index contributed by atoms with van der Waals surface area (Å²) in [7, 11) is 1.37. The predicted octanol–water partition coefficient (Wildman–Crippen LogP) is 3.73. The van der Waals surface area contributed by atoms with Gasteiger partial charge in [0.15, 0.2) is 6.29 Å². The van der Waals surface area contributed by atoms with Gasteiger partial charge in [-0.3, -0.25) is 0 Å². The molecule has 6 heteroatoms. The van der Waals surface area contributed by atoms with E-state index >= 15 is 0 Å². The van der Waals surface area contributed by atoms with Gasteiger partial charge in [0.1, 0.15) is 0 Å². The Hall–Kier alpha value is -3.14. The van der Waals surface area contributed by atoms with E-state index in [1.807, 2.05) is 30.3 Å². The third-order valence-corrected chi connectivity index (χ3v) is 4.90. The summed E-state index contributed by atoms with van der Waals surface area (Å²) in [4.78, 5) is 12.0. The molecular weight excluding hydrogens is 356 g/mol. The van der Waals surface area contributed by atoms with E-state index in [2.05, 4.69) is 16.8 Å². The second-order valence-electron chi connectivity index (χ2n) is 6.61. The predicted molar refractivity (Wildman–Crippen MR) is 104 cm³/mol. The van der Waals surface area contributed by atoms with Gasteiger partial charge in [0.2, 0.25) is 0 Å². The molecule has 3 aromatic rings. The number of hydrogen-bond acceptors (Lipinski definition) is 5. The van der Waals surface area contributed by atoms with Crippen LogP contribution >= 0.6 is 0 Å². The number of nitriles is 1. The van der Waals surface area contributed by atoms with Crippen LogP contribution in [0.3, 0.4) is 0 Å². The van der Waals surface area contributed by atoms with Gasteiger partial charge in [-0.1, -0.05) is 18.2 Å². The highest BCUT2D eigenvalue weighted by Crippen LogP contribution is 2.32. The number of methoxy groups -OCH3 is 1. The van der Waals surface area contributed by atoms with E-state index in [1.54, 1.807) is 12.1 Å². The molecule has 4 rings (SSSR count). The number of hydrogen-bond donors (Lipinski definition) is 0. The number of carbonyl (C=O) groups excluding carboxylic acids is 1. The average molecular weight is 376 g/mol. The van der Waals surface area contributed by atoms with Crippen LogP contribution in [0.25, 0.3) is 22.0 Å². The standard InChI is InChI=1S/C22H20N2O4/c1-26-22(25)17-5-6-18-19(16-4-2-3-15(11-16)13-23)14-24(20(18)12-17)8-7-21-27-9-10-28-21/h2-6,11-12,14,21H,7-10H2,1H3. The second kappa shape index (κ2) is 7.85. The van der Waals surface area contributed by atoms with E-state index < -0.39 is 0 Å². The molecule has 1 saturated heterocycles. The second-order valence-corrected chi connectivity index (χ2v) is 6.61. The number of fused-ring (bicyclic) bond motifs is 1. The van der Waals surface area contributed by atoms with Crippen molar-refractivity contribution in [3.8, 4) is 17.2 Å². The monoisotopic (exact) mass is 376 g/mol. The van der Waals surface area contributed by atoms with Gasteiger partial charge in [0.05, 0.1) is 37.5 Å². The number of aryl methyl sites for hydroxylation is 1. The first kappa shape index (κ1) is 18.2. The Kier molecular flexibility index (Phi) is 5.11. The molecule has 0 amide bonds. The van der Waals surface area contributed by atoms with Crippen molar-refractivity contribution >= 4 is 16.9 Å². The van der Waals surface area contributed by atoms with E-state index in [1.165, 1.54) is 7.11 Å². The first-order chi connectivity index (χ1) is 13.7. The molecule has 0 spiro atoms. The summed E-state index contributed by atoms with van der Waals surface area (Å²) in [5.74, 6) is -0.370. The molecule has 0 radical (unpaired) electrons. The first-order valence-corrected chi connectivity index (χ1v) is 9.14. The summed E-state index contributed by atoms with van der Waals surface area (Å²) < 4.78 is 18.0. The highest BCUT2D eigenvalue weighted by molar-refractivity contribution is 6.00. The minimum atomic E-state index is -0.370. The SMILES string of the molecule is COC(=O)c1ccc2c(-c3cccc(C#N)c3)cn(CCC3OCCO3)c2c1. The fraction of sp³-hybridized carbons (Fsp3) is 0.273. The molecule has 0 atom stereocenters. The van der Waals surface area contributed by atoms with Gasteiger partial charge in [-0.15, -0.1) is 0 Å². The maximum absolute atomic E-state index is 12.0. The minimum Gasteiger partial charge on any atom is -0.465 e. The molecule has 1 aliphatic rings.